The zero-order chi connectivity index (χ0) is 22.3. The topological polar surface area (TPSA) is 61.4 Å². The molecule has 0 spiro atoms. The van der Waals surface area contributed by atoms with Gasteiger partial charge in [-0.05, 0) is 43.9 Å². The molecule has 1 saturated heterocycles. The van der Waals surface area contributed by atoms with E-state index < -0.39 is 11.7 Å². The number of carbonyl (C=O) groups is 2. The highest BCUT2D eigenvalue weighted by molar-refractivity contribution is 5.79. The van der Waals surface area contributed by atoms with Gasteiger partial charge in [-0.15, -0.1) is 0 Å². The molecule has 1 aliphatic carbocycles. The first-order valence-corrected chi connectivity index (χ1v) is 10.8. The second kappa shape index (κ2) is 10.6. The fourth-order valence-electron chi connectivity index (χ4n) is 4.13. The lowest BCUT2D eigenvalue weighted by Gasteiger charge is -2.35. The molecule has 0 radical (unpaired) electrons. The third-order valence-corrected chi connectivity index (χ3v) is 5.86. The molecule has 1 aromatic rings. The van der Waals surface area contributed by atoms with Crippen LogP contribution in [0.25, 0.3) is 0 Å². The molecule has 31 heavy (non-hydrogen) atoms. The molecule has 2 N–H and O–H groups in total. The van der Waals surface area contributed by atoms with Crippen LogP contribution in [-0.2, 0) is 11.0 Å². The van der Waals surface area contributed by atoms with Crippen LogP contribution in [-0.4, -0.2) is 42.5 Å². The van der Waals surface area contributed by atoms with Crippen molar-refractivity contribution >= 4 is 11.9 Å². The minimum absolute atomic E-state index is 0.00756. The molecule has 3 rings (SSSR count). The first-order chi connectivity index (χ1) is 14.8. The van der Waals surface area contributed by atoms with Crippen molar-refractivity contribution in [1.29, 1.82) is 0 Å². The molecule has 1 aliphatic heterocycles. The SMILES string of the molecule is O=C(NCC#Cc1cccc(C(F)(F)F)c1)NC1CCN(C(=O)C2CCCCC2)CC1. The van der Waals surface area contributed by atoms with E-state index in [2.05, 4.69) is 22.5 Å². The number of alkyl halides is 3. The number of nitrogens with zero attached hydrogens (tertiary/aromatic N) is 1. The van der Waals surface area contributed by atoms with Crippen molar-refractivity contribution < 1.29 is 22.8 Å². The van der Waals surface area contributed by atoms with Gasteiger partial charge in [0.15, 0.2) is 0 Å². The Morgan fingerprint density at radius 1 is 1.06 bits per heavy atom. The van der Waals surface area contributed by atoms with Gasteiger partial charge in [0.25, 0.3) is 0 Å². The number of benzene rings is 1. The molecule has 3 amide bonds. The molecular weight excluding hydrogens is 407 g/mol. The van der Waals surface area contributed by atoms with Crippen molar-refractivity contribution in [1.82, 2.24) is 15.5 Å². The summed E-state index contributed by atoms with van der Waals surface area (Å²) in [7, 11) is 0. The maximum Gasteiger partial charge on any atom is 0.416 e. The third kappa shape index (κ3) is 6.91. The van der Waals surface area contributed by atoms with E-state index in [4.69, 9.17) is 0 Å². The first kappa shape index (κ1) is 23.0. The molecule has 1 aromatic carbocycles. The van der Waals surface area contributed by atoms with Crippen molar-refractivity contribution in [2.75, 3.05) is 19.6 Å². The average molecular weight is 435 g/mol. The number of piperidine rings is 1. The van der Waals surface area contributed by atoms with Crippen LogP contribution in [0.2, 0.25) is 0 Å². The molecule has 0 unspecified atom stereocenters. The van der Waals surface area contributed by atoms with Crippen LogP contribution in [0.5, 0.6) is 0 Å². The predicted molar refractivity (Wildman–Crippen MR) is 111 cm³/mol. The molecule has 2 fully saturated rings. The second-order valence-electron chi connectivity index (χ2n) is 8.14. The fourth-order valence-corrected chi connectivity index (χ4v) is 4.13. The zero-order valence-corrected chi connectivity index (χ0v) is 17.4. The van der Waals surface area contributed by atoms with Gasteiger partial charge in [-0.1, -0.05) is 37.2 Å². The summed E-state index contributed by atoms with van der Waals surface area (Å²) in [6.07, 6.45) is 2.46. The van der Waals surface area contributed by atoms with Gasteiger partial charge in [0.05, 0.1) is 12.1 Å². The van der Waals surface area contributed by atoms with Crippen LogP contribution in [0.4, 0.5) is 18.0 Å². The van der Waals surface area contributed by atoms with E-state index in [0.29, 0.717) is 25.9 Å². The number of amides is 3. The van der Waals surface area contributed by atoms with Crippen LogP contribution in [0.15, 0.2) is 24.3 Å². The van der Waals surface area contributed by atoms with E-state index in [1.807, 2.05) is 4.90 Å². The fraction of sp³-hybridized carbons (Fsp3) is 0.565. The normalized spacial score (nSPS) is 18.1. The highest BCUT2D eigenvalue weighted by Gasteiger charge is 2.30. The van der Waals surface area contributed by atoms with E-state index in [-0.39, 0.29) is 36.0 Å². The van der Waals surface area contributed by atoms with Crippen LogP contribution in [0.3, 0.4) is 0 Å². The molecule has 8 heteroatoms. The summed E-state index contributed by atoms with van der Waals surface area (Å²) in [5.74, 6) is 5.71. The van der Waals surface area contributed by atoms with Gasteiger partial charge < -0.3 is 15.5 Å². The summed E-state index contributed by atoms with van der Waals surface area (Å²) in [6.45, 7) is 1.33. The Morgan fingerprint density at radius 2 is 1.77 bits per heavy atom. The summed E-state index contributed by atoms with van der Waals surface area (Å²) in [5.41, 5.74) is -0.509. The molecule has 2 aliphatic rings. The highest BCUT2D eigenvalue weighted by atomic mass is 19.4. The van der Waals surface area contributed by atoms with E-state index >= 15 is 0 Å². The van der Waals surface area contributed by atoms with E-state index in [0.717, 1.165) is 37.8 Å². The van der Waals surface area contributed by atoms with Crippen LogP contribution < -0.4 is 10.6 Å². The number of urea groups is 1. The van der Waals surface area contributed by atoms with Gasteiger partial charge in [-0.25, -0.2) is 4.79 Å². The maximum absolute atomic E-state index is 12.7. The van der Waals surface area contributed by atoms with Gasteiger partial charge in [0, 0.05) is 30.6 Å². The van der Waals surface area contributed by atoms with Crippen LogP contribution in [0, 0.1) is 17.8 Å². The van der Waals surface area contributed by atoms with Gasteiger partial charge in [0.1, 0.15) is 0 Å². The number of likely N-dealkylation sites (tertiary alicyclic amines) is 1. The Morgan fingerprint density at radius 3 is 2.45 bits per heavy atom. The molecule has 0 bridgehead atoms. The smallest absolute Gasteiger partial charge is 0.342 e. The molecular formula is C23H28F3N3O2. The van der Waals surface area contributed by atoms with Crippen molar-refractivity contribution in [2.24, 2.45) is 5.92 Å². The Labute approximate surface area is 180 Å². The maximum atomic E-state index is 12.7. The van der Waals surface area contributed by atoms with Gasteiger partial charge in [0.2, 0.25) is 5.91 Å². The summed E-state index contributed by atoms with van der Waals surface area (Å²) >= 11 is 0. The molecule has 5 nitrogen and oxygen atoms in total. The van der Waals surface area contributed by atoms with Crippen LogP contribution >= 0.6 is 0 Å². The van der Waals surface area contributed by atoms with E-state index in [9.17, 15) is 22.8 Å². The van der Waals surface area contributed by atoms with Gasteiger partial charge >= 0.3 is 12.2 Å². The monoisotopic (exact) mass is 435 g/mol. The van der Waals surface area contributed by atoms with E-state index in [1.54, 1.807) is 0 Å². The molecule has 0 aromatic heterocycles. The third-order valence-electron chi connectivity index (χ3n) is 5.86. The molecule has 1 heterocycles. The van der Waals surface area contributed by atoms with Crippen molar-refractivity contribution in [3.63, 3.8) is 0 Å². The molecule has 1 saturated carbocycles. The number of rotatable bonds is 3. The molecule has 168 valence electrons. The summed E-state index contributed by atoms with van der Waals surface area (Å²) in [6, 6.07) is 4.39. The van der Waals surface area contributed by atoms with Crippen molar-refractivity contribution in [2.45, 2.75) is 57.2 Å². The lowest BCUT2D eigenvalue weighted by atomic mass is 9.87. The van der Waals surface area contributed by atoms with Crippen LogP contribution in [0.1, 0.15) is 56.1 Å². The van der Waals surface area contributed by atoms with Crippen molar-refractivity contribution in [3.8, 4) is 11.8 Å². The number of carbonyl (C=O) groups excluding carboxylic acids is 2. The lowest BCUT2D eigenvalue weighted by Crippen LogP contribution is -2.50. The zero-order valence-electron chi connectivity index (χ0n) is 17.4. The second-order valence-corrected chi connectivity index (χ2v) is 8.14. The number of halogens is 3. The minimum Gasteiger partial charge on any atom is -0.342 e. The van der Waals surface area contributed by atoms with Crippen molar-refractivity contribution in [3.05, 3.63) is 35.4 Å². The lowest BCUT2D eigenvalue weighted by molar-refractivity contribution is -0.138. The Kier molecular flexibility index (Phi) is 7.83. The number of hydrogen-bond acceptors (Lipinski definition) is 2. The van der Waals surface area contributed by atoms with Gasteiger partial charge in [-0.3, -0.25) is 4.79 Å². The Hall–Kier alpha value is -2.69. The summed E-state index contributed by atoms with van der Waals surface area (Å²) in [5, 5.41) is 5.49. The Bertz CT molecular complexity index is 830. The minimum atomic E-state index is -4.41. The standard InChI is InChI=1S/C23H28F3N3O2/c24-23(25,26)19-10-4-6-17(16-19)7-5-13-27-22(31)28-20-11-14-29(15-12-20)21(30)18-8-2-1-3-9-18/h4,6,10,16,18,20H,1-3,8-9,11-15H2,(H2,27,28,31). The number of nitrogens with one attached hydrogen (secondary N) is 2. The highest BCUT2D eigenvalue weighted by Crippen LogP contribution is 2.29. The summed E-state index contributed by atoms with van der Waals surface area (Å²) in [4.78, 5) is 26.6. The molecule has 0 atom stereocenters. The first-order valence-electron chi connectivity index (χ1n) is 10.8. The Balaban J connectivity index is 1.38. The van der Waals surface area contributed by atoms with Gasteiger partial charge in [-0.2, -0.15) is 13.2 Å². The van der Waals surface area contributed by atoms with E-state index in [1.165, 1.54) is 18.6 Å². The average Bonchev–Trinajstić information content (AvgIpc) is 2.77. The largest absolute Gasteiger partial charge is 0.416 e. The summed E-state index contributed by atoms with van der Waals surface area (Å²) < 4.78 is 38.1. The predicted octanol–water partition coefficient (Wildman–Crippen LogP) is 3.93. The quantitative estimate of drug-likeness (QED) is 0.707. The number of hydrogen-bond donors (Lipinski definition) is 2.